The summed E-state index contributed by atoms with van der Waals surface area (Å²) in [6, 6.07) is 4.15. The van der Waals surface area contributed by atoms with Crippen molar-refractivity contribution in [1.29, 1.82) is 0 Å². The number of aliphatic hydroxyl groups is 1. The van der Waals surface area contributed by atoms with Gasteiger partial charge in [-0.25, -0.2) is 4.98 Å². The second-order valence-electron chi connectivity index (χ2n) is 4.42. The molecule has 0 unspecified atom stereocenters. The van der Waals surface area contributed by atoms with Crippen molar-refractivity contribution in [3.8, 4) is 0 Å². The molecule has 0 bridgehead atoms. The summed E-state index contributed by atoms with van der Waals surface area (Å²) >= 11 is 0. The zero-order valence-electron chi connectivity index (χ0n) is 11.3. The molecule has 5 heteroatoms. The summed E-state index contributed by atoms with van der Waals surface area (Å²) in [4.78, 5) is 17.2. The van der Waals surface area contributed by atoms with Gasteiger partial charge >= 0.3 is 0 Å². The topological polar surface area (TPSA) is 53.4 Å². The Labute approximate surface area is 113 Å². The van der Waals surface area contributed by atoms with Gasteiger partial charge in [0.2, 0.25) is 5.95 Å². The number of carbonyl (C=O) groups excluding carboxylic acids is 1. The molecule has 1 N–H and O–H groups in total. The smallest absolute Gasteiger partial charge is 0.272 e. The van der Waals surface area contributed by atoms with Crippen LogP contribution < -0.4 is 0 Å². The number of aromatic nitrogens is 1. The van der Waals surface area contributed by atoms with Crippen molar-refractivity contribution in [3.63, 3.8) is 0 Å². The molecular weight excluding hydrogens is 247 g/mol. The minimum Gasteiger partial charge on any atom is -0.395 e. The summed E-state index contributed by atoms with van der Waals surface area (Å²) in [6.07, 6.45) is 4.18. The minimum atomic E-state index is -0.666. The van der Waals surface area contributed by atoms with E-state index in [4.69, 9.17) is 5.11 Å². The molecule has 1 aromatic heterocycles. The second kappa shape index (κ2) is 8.58. The maximum atomic E-state index is 13.0. The van der Waals surface area contributed by atoms with E-state index in [-0.39, 0.29) is 24.8 Å². The van der Waals surface area contributed by atoms with Gasteiger partial charge in [0.15, 0.2) is 0 Å². The van der Waals surface area contributed by atoms with Crippen LogP contribution in [-0.4, -0.2) is 40.6 Å². The molecule has 0 atom stereocenters. The van der Waals surface area contributed by atoms with Gasteiger partial charge in [-0.3, -0.25) is 4.79 Å². The normalized spacial score (nSPS) is 10.5. The van der Waals surface area contributed by atoms with Gasteiger partial charge in [0.05, 0.1) is 6.61 Å². The van der Waals surface area contributed by atoms with Gasteiger partial charge in [-0.05, 0) is 18.6 Å². The predicted octanol–water partition coefficient (Wildman–Crippen LogP) is 2.24. The second-order valence-corrected chi connectivity index (χ2v) is 4.42. The molecular formula is C14H21FN2O2. The molecule has 0 radical (unpaired) electrons. The molecule has 1 rings (SSSR count). The van der Waals surface area contributed by atoms with E-state index in [0.717, 1.165) is 25.7 Å². The Morgan fingerprint density at radius 2 is 2.11 bits per heavy atom. The average molecular weight is 268 g/mol. The maximum Gasteiger partial charge on any atom is 0.272 e. The Kier molecular flexibility index (Phi) is 7.03. The Balaban J connectivity index is 2.61. The van der Waals surface area contributed by atoms with E-state index in [0.29, 0.717) is 6.54 Å². The zero-order valence-corrected chi connectivity index (χ0v) is 11.3. The van der Waals surface area contributed by atoms with Gasteiger partial charge in [0.1, 0.15) is 5.69 Å². The van der Waals surface area contributed by atoms with E-state index < -0.39 is 5.95 Å². The molecule has 0 spiro atoms. The van der Waals surface area contributed by atoms with E-state index in [1.54, 1.807) is 0 Å². The molecule has 0 aliphatic carbocycles. The molecule has 106 valence electrons. The number of hydrogen-bond donors (Lipinski definition) is 1. The number of rotatable bonds is 8. The zero-order chi connectivity index (χ0) is 14.1. The highest BCUT2D eigenvalue weighted by Crippen LogP contribution is 2.06. The molecule has 1 heterocycles. The van der Waals surface area contributed by atoms with Gasteiger partial charge in [-0.2, -0.15) is 4.39 Å². The number of hydrogen-bond acceptors (Lipinski definition) is 3. The monoisotopic (exact) mass is 268 g/mol. The standard InChI is InChI=1S/C14H21FN2O2/c1-2-3-4-5-9-17(10-11-18)14(19)12-7-6-8-13(15)16-12/h6-8,18H,2-5,9-11H2,1H3. The van der Waals surface area contributed by atoms with Gasteiger partial charge in [0.25, 0.3) is 5.91 Å². The minimum absolute atomic E-state index is 0.0870. The fourth-order valence-electron chi connectivity index (χ4n) is 1.85. The van der Waals surface area contributed by atoms with E-state index in [1.165, 1.54) is 23.1 Å². The van der Waals surface area contributed by atoms with E-state index in [2.05, 4.69) is 11.9 Å². The van der Waals surface area contributed by atoms with Crippen LogP contribution in [0.15, 0.2) is 18.2 Å². The highest BCUT2D eigenvalue weighted by Gasteiger charge is 2.16. The maximum absolute atomic E-state index is 13.0. The highest BCUT2D eigenvalue weighted by atomic mass is 19.1. The first-order chi connectivity index (χ1) is 9.19. The van der Waals surface area contributed by atoms with E-state index in [1.807, 2.05) is 0 Å². The largest absolute Gasteiger partial charge is 0.395 e. The van der Waals surface area contributed by atoms with Gasteiger partial charge in [-0.1, -0.05) is 32.3 Å². The van der Waals surface area contributed by atoms with Crippen molar-refractivity contribution in [1.82, 2.24) is 9.88 Å². The molecule has 0 fully saturated rings. The van der Waals surface area contributed by atoms with Crippen molar-refractivity contribution in [3.05, 3.63) is 29.8 Å². The third kappa shape index (κ3) is 5.34. The first kappa shape index (κ1) is 15.6. The van der Waals surface area contributed by atoms with E-state index >= 15 is 0 Å². The van der Waals surface area contributed by atoms with Crippen molar-refractivity contribution in [2.24, 2.45) is 0 Å². The molecule has 0 aliphatic rings. The summed E-state index contributed by atoms with van der Waals surface area (Å²) in [5.74, 6) is -0.995. The van der Waals surface area contributed by atoms with Crippen LogP contribution in [0.1, 0.15) is 43.1 Å². The molecule has 19 heavy (non-hydrogen) atoms. The number of halogens is 1. The predicted molar refractivity (Wildman–Crippen MR) is 71.3 cm³/mol. The summed E-state index contributed by atoms with van der Waals surface area (Å²) in [7, 11) is 0. The van der Waals surface area contributed by atoms with E-state index in [9.17, 15) is 9.18 Å². The van der Waals surface area contributed by atoms with Crippen LogP contribution in [0.4, 0.5) is 4.39 Å². The van der Waals surface area contributed by atoms with Crippen LogP contribution >= 0.6 is 0 Å². The van der Waals surface area contributed by atoms with Gasteiger partial charge in [0, 0.05) is 13.1 Å². The summed E-state index contributed by atoms with van der Waals surface area (Å²) in [6.45, 7) is 2.84. The molecule has 1 amide bonds. The molecule has 0 aromatic carbocycles. The number of aliphatic hydroxyl groups excluding tert-OH is 1. The number of pyridine rings is 1. The van der Waals surface area contributed by atoms with Gasteiger partial charge in [-0.15, -0.1) is 0 Å². The summed E-state index contributed by atoms with van der Waals surface area (Å²) in [5.41, 5.74) is 0.0870. The van der Waals surface area contributed by atoms with Crippen molar-refractivity contribution < 1.29 is 14.3 Å². The third-order valence-corrected chi connectivity index (χ3v) is 2.87. The lowest BCUT2D eigenvalue weighted by molar-refractivity contribution is 0.0711. The number of carbonyl (C=O) groups is 1. The molecule has 4 nitrogen and oxygen atoms in total. The van der Waals surface area contributed by atoms with Crippen LogP contribution in [-0.2, 0) is 0 Å². The van der Waals surface area contributed by atoms with Crippen LogP contribution in [0.25, 0.3) is 0 Å². The first-order valence-electron chi connectivity index (χ1n) is 6.71. The lowest BCUT2D eigenvalue weighted by atomic mass is 10.2. The van der Waals surface area contributed by atoms with Crippen LogP contribution in [0.2, 0.25) is 0 Å². The van der Waals surface area contributed by atoms with Crippen LogP contribution in [0.5, 0.6) is 0 Å². The van der Waals surface area contributed by atoms with Crippen molar-refractivity contribution in [2.45, 2.75) is 32.6 Å². The Morgan fingerprint density at radius 1 is 1.32 bits per heavy atom. The fraction of sp³-hybridized carbons (Fsp3) is 0.571. The summed E-state index contributed by atoms with van der Waals surface area (Å²) in [5, 5.41) is 9.00. The molecule has 0 saturated carbocycles. The SMILES string of the molecule is CCCCCCN(CCO)C(=O)c1cccc(F)n1. The third-order valence-electron chi connectivity index (χ3n) is 2.87. The number of nitrogens with zero attached hydrogens (tertiary/aromatic N) is 2. The molecule has 0 saturated heterocycles. The van der Waals surface area contributed by atoms with Crippen molar-refractivity contribution in [2.75, 3.05) is 19.7 Å². The van der Waals surface area contributed by atoms with Crippen LogP contribution in [0, 0.1) is 5.95 Å². The Morgan fingerprint density at radius 3 is 2.74 bits per heavy atom. The average Bonchev–Trinajstić information content (AvgIpc) is 2.41. The molecule has 1 aromatic rings. The Bertz CT molecular complexity index is 399. The fourth-order valence-corrected chi connectivity index (χ4v) is 1.85. The number of amides is 1. The number of unbranched alkanes of at least 4 members (excludes halogenated alkanes) is 3. The highest BCUT2D eigenvalue weighted by molar-refractivity contribution is 5.92. The van der Waals surface area contributed by atoms with Gasteiger partial charge < -0.3 is 10.0 Å². The Hall–Kier alpha value is -1.49. The lowest BCUT2D eigenvalue weighted by Crippen LogP contribution is -2.35. The first-order valence-corrected chi connectivity index (χ1v) is 6.71. The van der Waals surface area contributed by atoms with Crippen LogP contribution in [0.3, 0.4) is 0 Å². The lowest BCUT2D eigenvalue weighted by Gasteiger charge is -2.21. The molecule has 0 aliphatic heterocycles. The quantitative estimate of drug-likeness (QED) is 0.581. The van der Waals surface area contributed by atoms with Crippen molar-refractivity contribution >= 4 is 5.91 Å². The summed E-state index contributed by atoms with van der Waals surface area (Å²) < 4.78 is 13.0.